The Morgan fingerprint density at radius 3 is 2.71 bits per heavy atom. The van der Waals surface area contributed by atoms with E-state index in [-0.39, 0.29) is 5.54 Å². The van der Waals surface area contributed by atoms with Crippen LogP contribution in [0.2, 0.25) is 0 Å². The van der Waals surface area contributed by atoms with E-state index in [1.165, 1.54) is 45.1 Å². The highest BCUT2D eigenvalue weighted by atomic mass is 16.5. The van der Waals surface area contributed by atoms with Crippen LogP contribution in [0.5, 0.6) is 0 Å². The van der Waals surface area contributed by atoms with Crippen molar-refractivity contribution in [2.45, 2.75) is 63.1 Å². The number of hydrogen-bond donors (Lipinski definition) is 2. The maximum absolute atomic E-state index is 5.47. The first-order chi connectivity index (χ1) is 8.23. The summed E-state index contributed by atoms with van der Waals surface area (Å²) in [6.45, 7) is 5.29. The molecule has 0 aromatic heterocycles. The van der Waals surface area contributed by atoms with Gasteiger partial charge in [0.25, 0.3) is 0 Å². The van der Waals surface area contributed by atoms with Crippen LogP contribution < -0.4 is 10.6 Å². The van der Waals surface area contributed by atoms with Crippen LogP contribution in [0, 0.1) is 5.92 Å². The fraction of sp³-hybridized carbons (Fsp3) is 1.00. The second kappa shape index (κ2) is 4.87. The number of ether oxygens (including phenoxy) is 1. The van der Waals surface area contributed by atoms with Gasteiger partial charge in [-0.2, -0.15) is 0 Å². The predicted octanol–water partition coefficient (Wildman–Crippen LogP) is 1.68. The summed E-state index contributed by atoms with van der Waals surface area (Å²) in [6.07, 6.45) is 8.17. The standard InChI is InChI=1S/C14H26N2O/c1-14(5-7-17-10-14)15-6-4-11-8-12-2-3-13(9-11)16-12/h11-13,15-16H,2-10H2,1H3. The number of rotatable bonds is 4. The Balaban J connectivity index is 1.39. The van der Waals surface area contributed by atoms with E-state index in [1.54, 1.807) is 0 Å². The summed E-state index contributed by atoms with van der Waals surface area (Å²) < 4.78 is 5.47. The van der Waals surface area contributed by atoms with E-state index in [0.717, 1.165) is 31.2 Å². The first-order valence-corrected chi connectivity index (χ1v) is 7.32. The second-order valence-electron chi connectivity index (χ2n) is 6.55. The fourth-order valence-electron chi connectivity index (χ4n) is 3.80. The minimum Gasteiger partial charge on any atom is -0.379 e. The zero-order chi connectivity index (χ0) is 11.7. The molecule has 0 aliphatic carbocycles. The average molecular weight is 238 g/mol. The zero-order valence-corrected chi connectivity index (χ0v) is 11.0. The summed E-state index contributed by atoms with van der Waals surface area (Å²) in [6, 6.07) is 1.67. The molecule has 3 rings (SSSR count). The van der Waals surface area contributed by atoms with E-state index in [9.17, 15) is 0 Å². The molecule has 98 valence electrons. The van der Waals surface area contributed by atoms with Crippen LogP contribution in [0.15, 0.2) is 0 Å². The first kappa shape index (κ1) is 11.9. The molecule has 2 bridgehead atoms. The molecule has 3 aliphatic heterocycles. The number of fused-ring (bicyclic) bond motifs is 2. The van der Waals surface area contributed by atoms with Crippen molar-refractivity contribution in [3.05, 3.63) is 0 Å². The van der Waals surface area contributed by atoms with E-state index in [0.29, 0.717) is 0 Å². The summed E-state index contributed by atoms with van der Waals surface area (Å²) in [5, 5.41) is 7.43. The summed E-state index contributed by atoms with van der Waals surface area (Å²) in [5.74, 6) is 0.951. The van der Waals surface area contributed by atoms with Gasteiger partial charge in [-0.15, -0.1) is 0 Å². The van der Waals surface area contributed by atoms with Crippen LogP contribution in [-0.4, -0.2) is 37.4 Å². The molecule has 3 heteroatoms. The monoisotopic (exact) mass is 238 g/mol. The maximum Gasteiger partial charge on any atom is 0.0646 e. The third-order valence-electron chi connectivity index (χ3n) is 4.89. The molecule has 3 atom stereocenters. The van der Waals surface area contributed by atoms with Gasteiger partial charge in [-0.25, -0.2) is 0 Å². The molecule has 0 saturated carbocycles. The van der Waals surface area contributed by atoms with E-state index < -0.39 is 0 Å². The molecule has 3 unspecified atom stereocenters. The van der Waals surface area contributed by atoms with Crippen molar-refractivity contribution >= 4 is 0 Å². The van der Waals surface area contributed by atoms with Crippen molar-refractivity contribution in [3.8, 4) is 0 Å². The Kier molecular flexibility index (Phi) is 3.42. The van der Waals surface area contributed by atoms with Gasteiger partial charge in [-0.05, 0) is 57.9 Å². The number of piperidine rings is 1. The van der Waals surface area contributed by atoms with Crippen molar-refractivity contribution in [2.75, 3.05) is 19.8 Å². The summed E-state index contributed by atoms with van der Waals surface area (Å²) in [7, 11) is 0. The van der Waals surface area contributed by atoms with Crippen LogP contribution in [0.3, 0.4) is 0 Å². The molecule has 2 N–H and O–H groups in total. The summed E-state index contributed by atoms with van der Waals surface area (Å²) >= 11 is 0. The molecular formula is C14H26N2O. The van der Waals surface area contributed by atoms with Gasteiger partial charge in [0.2, 0.25) is 0 Å². The van der Waals surface area contributed by atoms with Gasteiger partial charge in [0.1, 0.15) is 0 Å². The Bertz CT molecular complexity index is 251. The quantitative estimate of drug-likeness (QED) is 0.782. The Labute approximate surface area is 105 Å². The molecule has 3 nitrogen and oxygen atoms in total. The van der Waals surface area contributed by atoms with Gasteiger partial charge in [0, 0.05) is 24.2 Å². The van der Waals surface area contributed by atoms with Crippen LogP contribution >= 0.6 is 0 Å². The highest BCUT2D eigenvalue weighted by molar-refractivity contribution is 4.93. The Morgan fingerprint density at radius 1 is 1.29 bits per heavy atom. The lowest BCUT2D eigenvalue weighted by molar-refractivity contribution is 0.170. The third-order valence-corrected chi connectivity index (χ3v) is 4.89. The minimum absolute atomic E-state index is 0.256. The van der Waals surface area contributed by atoms with Crippen molar-refractivity contribution < 1.29 is 4.74 Å². The topological polar surface area (TPSA) is 33.3 Å². The molecular weight excluding hydrogens is 212 g/mol. The van der Waals surface area contributed by atoms with Crippen LogP contribution in [0.4, 0.5) is 0 Å². The lowest BCUT2D eigenvalue weighted by atomic mass is 9.89. The van der Waals surface area contributed by atoms with Gasteiger partial charge in [0.15, 0.2) is 0 Å². The van der Waals surface area contributed by atoms with Crippen molar-refractivity contribution in [1.82, 2.24) is 10.6 Å². The molecule has 3 fully saturated rings. The molecule has 0 spiro atoms. The molecule has 0 amide bonds. The molecule has 3 heterocycles. The van der Waals surface area contributed by atoms with Gasteiger partial charge in [-0.3, -0.25) is 0 Å². The second-order valence-corrected chi connectivity index (χ2v) is 6.55. The highest BCUT2D eigenvalue weighted by Crippen LogP contribution is 2.32. The van der Waals surface area contributed by atoms with Crippen molar-refractivity contribution in [3.63, 3.8) is 0 Å². The molecule has 0 aromatic rings. The SMILES string of the molecule is CC1(NCCC2CC3CCC(C2)N3)CCOC1. The van der Waals surface area contributed by atoms with E-state index in [2.05, 4.69) is 17.6 Å². The van der Waals surface area contributed by atoms with Gasteiger partial charge in [-0.1, -0.05) is 0 Å². The average Bonchev–Trinajstić information content (AvgIpc) is 2.86. The number of nitrogens with one attached hydrogen (secondary N) is 2. The lowest BCUT2D eigenvalue weighted by Gasteiger charge is -2.30. The van der Waals surface area contributed by atoms with Gasteiger partial charge in [0.05, 0.1) is 6.61 Å². The van der Waals surface area contributed by atoms with Gasteiger partial charge < -0.3 is 15.4 Å². The van der Waals surface area contributed by atoms with Gasteiger partial charge >= 0.3 is 0 Å². The lowest BCUT2D eigenvalue weighted by Crippen LogP contribution is -2.44. The molecule has 3 saturated heterocycles. The zero-order valence-electron chi connectivity index (χ0n) is 11.0. The predicted molar refractivity (Wildman–Crippen MR) is 69.1 cm³/mol. The molecule has 0 aromatic carbocycles. The van der Waals surface area contributed by atoms with Crippen LogP contribution in [-0.2, 0) is 4.74 Å². The summed E-state index contributed by atoms with van der Waals surface area (Å²) in [5.41, 5.74) is 0.256. The molecule has 0 radical (unpaired) electrons. The van der Waals surface area contributed by atoms with E-state index in [1.807, 2.05) is 0 Å². The van der Waals surface area contributed by atoms with Crippen LogP contribution in [0.1, 0.15) is 45.4 Å². The van der Waals surface area contributed by atoms with E-state index in [4.69, 9.17) is 4.74 Å². The largest absolute Gasteiger partial charge is 0.379 e. The summed E-state index contributed by atoms with van der Waals surface area (Å²) in [4.78, 5) is 0. The van der Waals surface area contributed by atoms with Crippen LogP contribution in [0.25, 0.3) is 0 Å². The molecule has 3 aliphatic rings. The molecule has 17 heavy (non-hydrogen) atoms. The Morgan fingerprint density at radius 2 is 2.06 bits per heavy atom. The maximum atomic E-state index is 5.47. The number of hydrogen-bond acceptors (Lipinski definition) is 3. The van der Waals surface area contributed by atoms with Crippen molar-refractivity contribution in [1.29, 1.82) is 0 Å². The van der Waals surface area contributed by atoms with Crippen molar-refractivity contribution in [2.24, 2.45) is 5.92 Å². The highest BCUT2D eigenvalue weighted by Gasteiger charge is 2.34. The Hall–Kier alpha value is -0.120. The third kappa shape index (κ3) is 2.83. The normalized spacial score (nSPS) is 45.4. The minimum atomic E-state index is 0.256. The fourth-order valence-corrected chi connectivity index (χ4v) is 3.80. The van der Waals surface area contributed by atoms with E-state index >= 15 is 0 Å². The first-order valence-electron chi connectivity index (χ1n) is 7.32. The smallest absolute Gasteiger partial charge is 0.0646 e.